The number of pyridine rings is 8. The van der Waals surface area contributed by atoms with Gasteiger partial charge in [0.2, 0.25) is 0 Å². The summed E-state index contributed by atoms with van der Waals surface area (Å²) in [7, 11) is 0. The first-order valence-electron chi connectivity index (χ1n) is 38.7. The van der Waals surface area contributed by atoms with E-state index in [1.54, 1.807) is 24.8 Å². The molecular formula is C106H66N8S2. The van der Waals surface area contributed by atoms with Crippen molar-refractivity contribution in [3.8, 4) is 146 Å². The van der Waals surface area contributed by atoms with Crippen molar-refractivity contribution in [3.05, 3.63) is 401 Å². The number of benzene rings is 12. The number of fused-ring (bicyclic) bond motifs is 11. The van der Waals surface area contributed by atoms with Crippen LogP contribution in [0.3, 0.4) is 0 Å². The van der Waals surface area contributed by atoms with Crippen LogP contribution in [-0.4, -0.2) is 39.9 Å². The van der Waals surface area contributed by atoms with Crippen LogP contribution in [0.5, 0.6) is 0 Å². The molecule has 0 saturated carbocycles. The zero-order valence-corrected chi connectivity index (χ0v) is 64.1. The van der Waals surface area contributed by atoms with Gasteiger partial charge in [-0.05, 0) is 210 Å². The summed E-state index contributed by atoms with van der Waals surface area (Å²) >= 11 is 3.64. The molecule has 0 N–H and O–H groups in total. The van der Waals surface area contributed by atoms with Gasteiger partial charge in [0.15, 0.2) is 0 Å². The molecule has 116 heavy (non-hydrogen) atoms. The standard InChI is InChI=1S/C54H34N4S.C52H32N4S/c1-2-13-35(14-3-1)36-15-10-17-38(29-36)41-25-26-44-48(32-41)58-53(54-52(44)45-21-4-5-24-51(45)59-54)42-20-12-18-39(31-42)37-16-11-19-40(30-37)43-33-49(46-22-6-8-27-55-46)57-50(34-43)47-23-7-9-28-56-47;1-2-15-40-35(11-1)12-10-17-41(40)37-25-26-42-46(30-37)56-51(52-50(42)43-16-3-4-20-49(43)57-52)38-14-9-13-36(29-38)33-21-23-34(24-22-33)39-31-47(44-18-5-7-27-53-44)55-48(32-39)45-19-6-8-28-54-45/h1-34H;1-32H. The normalized spacial score (nSPS) is 11.4. The fourth-order valence-corrected chi connectivity index (χ4v) is 18.6. The maximum Gasteiger partial charge on any atom is 0.0900 e. The number of aromatic nitrogens is 8. The average Bonchev–Trinajstić information content (AvgIpc) is 1.60. The van der Waals surface area contributed by atoms with Crippen LogP contribution in [0.1, 0.15) is 0 Å². The van der Waals surface area contributed by atoms with Crippen LogP contribution in [-0.2, 0) is 0 Å². The van der Waals surface area contributed by atoms with E-state index in [9.17, 15) is 0 Å². The summed E-state index contributed by atoms with van der Waals surface area (Å²) in [4.78, 5) is 39.4. The number of hydrogen-bond acceptors (Lipinski definition) is 10. The Morgan fingerprint density at radius 3 is 0.966 bits per heavy atom. The van der Waals surface area contributed by atoms with Crippen molar-refractivity contribution in [2.45, 2.75) is 0 Å². The van der Waals surface area contributed by atoms with Gasteiger partial charge in [0, 0.05) is 77.6 Å². The van der Waals surface area contributed by atoms with Gasteiger partial charge in [-0.2, -0.15) is 0 Å². The van der Waals surface area contributed by atoms with Gasteiger partial charge in [0.25, 0.3) is 0 Å². The first-order chi connectivity index (χ1) is 57.4. The first kappa shape index (κ1) is 69.0. The Morgan fingerprint density at radius 1 is 0.181 bits per heavy atom. The monoisotopic (exact) mass is 1510 g/mol. The molecule has 0 aliphatic rings. The maximum absolute atomic E-state index is 5.50. The molecule has 0 aliphatic heterocycles. The molecule has 22 aromatic rings. The van der Waals surface area contributed by atoms with E-state index >= 15 is 0 Å². The van der Waals surface area contributed by atoms with Gasteiger partial charge in [-0.15, -0.1) is 22.7 Å². The van der Waals surface area contributed by atoms with Crippen LogP contribution < -0.4 is 0 Å². The molecule has 12 aromatic carbocycles. The van der Waals surface area contributed by atoms with E-state index in [0.29, 0.717) is 0 Å². The van der Waals surface area contributed by atoms with Gasteiger partial charge in [0.05, 0.1) is 77.4 Å². The Hall–Kier alpha value is -14.9. The molecule has 10 aromatic heterocycles. The highest BCUT2D eigenvalue weighted by molar-refractivity contribution is 7.27. The highest BCUT2D eigenvalue weighted by atomic mass is 32.1. The van der Waals surface area contributed by atoms with Gasteiger partial charge in [0.1, 0.15) is 0 Å². The third kappa shape index (κ3) is 13.3. The van der Waals surface area contributed by atoms with Crippen LogP contribution in [0.15, 0.2) is 401 Å². The van der Waals surface area contributed by atoms with Crippen molar-refractivity contribution in [2.24, 2.45) is 0 Å². The molecule has 0 fully saturated rings. The molecule has 0 radical (unpaired) electrons. The Kier molecular flexibility index (Phi) is 17.8. The Labute approximate surface area is 677 Å². The highest BCUT2D eigenvalue weighted by Gasteiger charge is 2.22. The van der Waals surface area contributed by atoms with Crippen molar-refractivity contribution in [3.63, 3.8) is 0 Å². The Bertz CT molecular complexity index is 7380. The quantitative estimate of drug-likeness (QED) is 0.112. The van der Waals surface area contributed by atoms with Crippen molar-refractivity contribution in [1.82, 2.24) is 39.9 Å². The number of nitrogens with zero attached hydrogens (tertiary/aromatic N) is 8. The van der Waals surface area contributed by atoms with Gasteiger partial charge in [-0.25, -0.2) is 19.9 Å². The average molecular weight is 1520 g/mol. The summed E-state index contributed by atoms with van der Waals surface area (Å²) in [5, 5.41) is 9.87. The fraction of sp³-hybridized carbons (Fsp3) is 0. The maximum atomic E-state index is 5.50. The fourth-order valence-electron chi connectivity index (χ4n) is 16.1. The predicted octanol–water partition coefficient (Wildman–Crippen LogP) is 28.4. The molecule has 8 nitrogen and oxygen atoms in total. The third-order valence-corrected chi connectivity index (χ3v) is 24.1. The highest BCUT2D eigenvalue weighted by Crippen LogP contribution is 2.47. The molecule has 0 atom stereocenters. The lowest BCUT2D eigenvalue weighted by molar-refractivity contribution is 1.22. The van der Waals surface area contributed by atoms with E-state index in [2.05, 4.69) is 323 Å². The molecule has 0 amide bonds. The number of hydrogen-bond donors (Lipinski definition) is 0. The minimum Gasteiger partial charge on any atom is -0.255 e. The lowest BCUT2D eigenvalue weighted by Gasteiger charge is -2.12. The third-order valence-electron chi connectivity index (χ3n) is 21.7. The SMILES string of the molecule is c1ccc(-c2cc(-c3ccc(-c4cccc(-c5nc6cc(-c7cccc8ccccc78)ccc6c6c5sc5ccccc56)c4)cc3)cc(-c3ccccn3)n2)nc1.c1ccc(-c2cccc(-c3ccc4c(c3)nc(-c3cccc(-c5cccc(-c6cc(-c7ccccn7)nc(-c7ccccn7)c6)c5)c3)c3sc5ccccc5c34)c2)cc1. The molecular weight excluding hydrogens is 1450 g/mol. The van der Waals surface area contributed by atoms with Crippen LogP contribution >= 0.6 is 22.7 Å². The minimum atomic E-state index is 0.804. The second-order valence-electron chi connectivity index (χ2n) is 28.9. The summed E-state index contributed by atoms with van der Waals surface area (Å²) in [6.45, 7) is 0. The van der Waals surface area contributed by atoms with Gasteiger partial charge in [-0.3, -0.25) is 19.9 Å². The number of rotatable bonds is 13. The lowest BCUT2D eigenvalue weighted by Crippen LogP contribution is -1.94. The molecule has 0 saturated heterocycles. The Balaban J connectivity index is 0.000000145. The van der Waals surface area contributed by atoms with Crippen LogP contribution in [0.25, 0.3) is 219 Å². The van der Waals surface area contributed by atoms with Gasteiger partial charge in [-0.1, -0.05) is 255 Å². The summed E-state index contributed by atoms with van der Waals surface area (Å²) in [6.07, 6.45) is 7.21. The largest absolute Gasteiger partial charge is 0.255 e. The smallest absolute Gasteiger partial charge is 0.0900 e. The summed E-state index contributed by atoms with van der Waals surface area (Å²) in [5.41, 5.74) is 28.6. The minimum absolute atomic E-state index is 0.804. The van der Waals surface area contributed by atoms with Crippen LogP contribution in [0, 0.1) is 0 Å². The first-order valence-corrected chi connectivity index (χ1v) is 40.3. The molecule has 0 bridgehead atoms. The molecule has 10 heterocycles. The van der Waals surface area contributed by atoms with E-state index in [1.807, 2.05) is 95.5 Å². The molecule has 0 aliphatic carbocycles. The summed E-state index contributed by atoms with van der Waals surface area (Å²) in [5.74, 6) is 0. The topological polar surface area (TPSA) is 103 Å². The Morgan fingerprint density at radius 2 is 0.500 bits per heavy atom. The van der Waals surface area contributed by atoms with Gasteiger partial charge < -0.3 is 0 Å². The molecule has 542 valence electrons. The van der Waals surface area contributed by atoms with Crippen LogP contribution in [0.2, 0.25) is 0 Å². The van der Waals surface area contributed by atoms with E-state index in [4.69, 9.17) is 19.9 Å². The molecule has 0 unspecified atom stereocenters. The number of thiophene rings is 2. The molecule has 10 heteroatoms. The zero-order chi connectivity index (χ0) is 76.8. The zero-order valence-electron chi connectivity index (χ0n) is 62.5. The lowest BCUT2D eigenvalue weighted by atomic mass is 9.95. The van der Waals surface area contributed by atoms with Gasteiger partial charge >= 0.3 is 0 Å². The second-order valence-corrected chi connectivity index (χ2v) is 31.0. The van der Waals surface area contributed by atoms with Crippen molar-refractivity contribution < 1.29 is 0 Å². The predicted molar refractivity (Wildman–Crippen MR) is 484 cm³/mol. The van der Waals surface area contributed by atoms with Crippen LogP contribution in [0.4, 0.5) is 0 Å². The van der Waals surface area contributed by atoms with E-state index in [1.165, 1.54) is 89.7 Å². The van der Waals surface area contributed by atoms with E-state index in [-0.39, 0.29) is 0 Å². The molecule has 22 rings (SSSR count). The summed E-state index contributed by atoms with van der Waals surface area (Å²) < 4.78 is 4.93. The van der Waals surface area contributed by atoms with E-state index < -0.39 is 0 Å². The van der Waals surface area contributed by atoms with E-state index in [0.717, 1.165) is 129 Å². The summed E-state index contributed by atoms with van der Waals surface area (Å²) in [6, 6.07) is 133. The van der Waals surface area contributed by atoms with Crippen molar-refractivity contribution in [1.29, 1.82) is 0 Å². The second kappa shape index (κ2) is 30.0. The van der Waals surface area contributed by atoms with Crippen molar-refractivity contribution in [2.75, 3.05) is 0 Å². The molecule has 0 spiro atoms. The van der Waals surface area contributed by atoms with Crippen molar-refractivity contribution >= 4 is 95.6 Å².